The van der Waals surface area contributed by atoms with Crippen LogP contribution in [0.5, 0.6) is 0 Å². The molecule has 0 fully saturated rings. The van der Waals surface area contributed by atoms with Crippen molar-refractivity contribution >= 4 is 35.2 Å². The van der Waals surface area contributed by atoms with Gasteiger partial charge in [-0.25, -0.2) is 4.79 Å². The van der Waals surface area contributed by atoms with E-state index in [9.17, 15) is 14.4 Å². The van der Waals surface area contributed by atoms with E-state index in [1.165, 1.54) is 16.7 Å². The average Bonchev–Trinajstić information content (AvgIpc) is 2.76. The van der Waals surface area contributed by atoms with Crippen LogP contribution in [0.1, 0.15) is 10.4 Å². The van der Waals surface area contributed by atoms with Crippen molar-refractivity contribution in [3.63, 3.8) is 0 Å². The molecule has 7 nitrogen and oxygen atoms in total. The zero-order valence-electron chi connectivity index (χ0n) is 16.4. The second-order valence-corrected chi connectivity index (χ2v) is 7.01. The van der Waals surface area contributed by atoms with Crippen LogP contribution in [0.15, 0.2) is 59.5 Å². The minimum absolute atomic E-state index is 0.156. The molecule has 2 aromatic rings. The van der Waals surface area contributed by atoms with Crippen LogP contribution >= 0.6 is 11.8 Å². The lowest BCUT2D eigenvalue weighted by Crippen LogP contribution is -2.31. The second-order valence-electron chi connectivity index (χ2n) is 5.99. The SMILES string of the molecule is COCCNC(=O)CSc1ccccc1C(=O)OCC(=O)N(C)c1ccccc1. The number of rotatable bonds is 10. The van der Waals surface area contributed by atoms with E-state index in [1.807, 2.05) is 18.2 Å². The van der Waals surface area contributed by atoms with E-state index < -0.39 is 5.97 Å². The van der Waals surface area contributed by atoms with Gasteiger partial charge in [-0.05, 0) is 24.3 Å². The summed E-state index contributed by atoms with van der Waals surface area (Å²) in [6.07, 6.45) is 0. The summed E-state index contributed by atoms with van der Waals surface area (Å²) in [5.74, 6) is -0.950. The lowest BCUT2D eigenvalue weighted by atomic mass is 10.2. The third kappa shape index (κ3) is 7.24. The van der Waals surface area contributed by atoms with Crippen LogP contribution in [0.4, 0.5) is 5.69 Å². The number of hydrogen-bond donors (Lipinski definition) is 1. The summed E-state index contributed by atoms with van der Waals surface area (Å²) in [7, 11) is 3.18. The molecular formula is C21H24N2O5S. The van der Waals surface area contributed by atoms with E-state index in [2.05, 4.69) is 5.32 Å². The first-order valence-electron chi connectivity index (χ1n) is 8.99. The average molecular weight is 416 g/mol. The monoisotopic (exact) mass is 416 g/mol. The molecule has 1 N–H and O–H groups in total. The van der Waals surface area contributed by atoms with E-state index >= 15 is 0 Å². The second kappa shape index (κ2) is 11.9. The van der Waals surface area contributed by atoms with Crippen LogP contribution in [-0.4, -0.2) is 57.5 Å². The quantitative estimate of drug-likeness (QED) is 0.364. The molecule has 0 saturated carbocycles. The maximum absolute atomic E-state index is 12.5. The van der Waals surface area contributed by atoms with Crippen LogP contribution in [0.25, 0.3) is 0 Å². The van der Waals surface area contributed by atoms with Gasteiger partial charge >= 0.3 is 5.97 Å². The summed E-state index contributed by atoms with van der Waals surface area (Å²) in [5, 5.41) is 2.72. The van der Waals surface area contributed by atoms with Gasteiger partial charge < -0.3 is 19.7 Å². The van der Waals surface area contributed by atoms with Crippen LogP contribution in [0.2, 0.25) is 0 Å². The molecule has 0 saturated heterocycles. The summed E-state index contributed by atoms with van der Waals surface area (Å²) in [6.45, 7) is 0.488. The van der Waals surface area contributed by atoms with Gasteiger partial charge in [0, 0.05) is 31.3 Å². The standard InChI is InChI=1S/C21H24N2O5S/c1-23(16-8-4-3-5-9-16)20(25)14-28-21(26)17-10-6-7-11-18(17)29-15-19(24)22-12-13-27-2/h3-11H,12-15H2,1-2H3,(H,22,24). The number of ether oxygens (including phenoxy) is 2. The van der Waals surface area contributed by atoms with Gasteiger partial charge in [0.15, 0.2) is 6.61 Å². The van der Waals surface area contributed by atoms with Gasteiger partial charge in [-0.15, -0.1) is 11.8 Å². The number of thioether (sulfide) groups is 1. The Balaban J connectivity index is 1.90. The van der Waals surface area contributed by atoms with Crippen molar-refractivity contribution in [3.8, 4) is 0 Å². The number of nitrogens with zero attached hydrogens (tertiary/aromatic N) is 1. The fourth-order valence-corrected chi connectivity index (χ4v) is 3.22. The number of methoxy groups -OCH3 is 1. The number of hydrogen-bond acceptors (Lipinski definition) is 6. The summed E-state index contributed by atoms with van der Waals surface area (Å²) in [6, 6.07) is 15.9. The van der Waals surface area contributed by atoms with Crippen LogP contribution < -0.4 is 10.2 Å². The van der Waals surface area contributed by atoms with E-state index in [-0.39, 0.29) is 24.2 Å². The van der Waals surface area contributed by atoms with Crippen molar-refractivity contribution in [1.29, 1.82) is 0 Å². The number of esters is 1. The van der Waals surface area contributed by atoms with Gasteiger partial charge in [0.25, 0.3) is 5.91 Å². The predicted octanol–water partition coefficient (Wildman–Crippen LogP) is 2.36. The molecule has 8 heteroatoms. The topological polar surface area (TPSA) is 84.9 Å². The lowest BCUT2D eigenvalue weighted by Gasteiger charge is -2.17. The number of nitrogens with one attached hydrogen (secondary N) is 1. The smallest absolute Gasteiger partial charge is 0.339 e. The van der Waals surface area contributed by atoms with Crippen LogP contribution in [0.3, 0.4) is 0 Å². The minimum atomic E-state index is -0.609. The first-order chi connectivity index (χ1) is 14.0. The summed E-state index contributed by atoms with van der Waals surface area (Å²) >= 11 is 1.23. The summed E-state index contributed by atoms with van der Waals surface area (Å²) < 4.78 is 10.1. The molecule has 0 aliphatic rings. The lowest BCUT2D eigenvalue weighted by molar-refractivity contribution is -0.121. The van der Waals surface area contributed by atoms with Crippen molar-refractivity contribution in [3.05, 3.63) is 60.2 Å². The molecule has 0 atom stereocenters. The Bertz CT molecular complexity index is 829. The zero-order chi connectivity index (χ0) is 21.1. The third-order valence-electron chi connectivity index (χ3n) is 3.94. The van der Waals surface area contributed by atoms with Crippen molar-refractivity contribution in [2.24, 2.45) is 0 Å². The van der Waals surface area contributed by atoms with Crippen molar-refractivity contribution in [1.82, 2.24) is 5.32 Å². The summed E-state index contributed by atoms with van der Waals surface area (Å²) in [5.41, 5.74) is 1.03. The van der Waals surface area contributed by atoms with E-state index in [0.717, 1.165) is 0 Å². The van der Waals surface area contributed by atoms with Gasteiger partial charge in [0.2, 0.25) is 5.91 Å². The number of amides is 2. The maximum atomic E-state index is 12.5. The van der Waals surface area contributed by atoms with E-state index in [1.54, 1.807) is 50.6 Å². The molecule has 0 aliphatic carbocycles. The molecule has 2 amide bonds. The Morgan fingerprint density at radius 1 is 1.03 bits per heavy atom. The fraction of sp³-hybridized carbons (Fsp3) is 0.286. The van der Waals surface area contributed by atoms with Gasteiger partial charge in [0.05, 0.1) is 17.9 Å². The Morgan fingerprint density at radius 2 is 1.72 bits per heavy atom. The van der Waals surface area contributed by atoms with Gasteiger partial charge in [-0.1, -0.05) is 30.3 Å². The molecule has 0 heterocycles. The molecule has 0 aromatic heterocycles. The van der Waals surface area contributed by atoms with Crippen molar-refractivity contribution in [2.75, 3.05) is 44.6 Å². The molecule has 0 bridgehead atoms. The van der Waals surface area contributed by atoms with E-state index in [4.69, 9.17) is 9.47 Å². The normalized spacial score (nSPS) is 10.3. The van der Waals surface area contributed by atoms with Gasteiger partial charge in [0.1, 0.15) is 0 Å². The predicted molar refractivity (Wildman–Crippen MR) is 112 cm³/mol. The van der Waals surface area contributed by atoms with Crippen molar-refractivity contribution < 1.29 is 23.9 Å². The van der Waals surface area contributed by atoms with Gasteiger partial charge in [-0.3, -0.25) is 9.59 Å². The number of anilines is 1. The number of carbonyl (C=O) groups excluding carboxylic acids is 3. The molecule has 29 heavy (non-hydrogen) atoms. The van der Waals surface area contributed by atoms with Crippen molar-refractivity contribution in [2.45, 2.75) is 4.90 Å². The first-order valence-corrected chi connectivity index (χ1v) is 9.97. The molecule has 0 spiro atoms. The molecule has 0 unspecified atom stereocenters. The third-order valence-corrected chi connectivity index (χ3v) is 5.01. The zero-order valence-corrected chi connectivity index (χ0v) is 17.2. The summed E-state index contributed by atoms with van der Waals surface area (Å²) in [4.78, 5) is 38.6. The van der Waals surface area contributed by atoms with Crippen LogP contribution in [0, 0.1) is 0 Å². The Morgan fingerprint density at radius 3 is 2.45 bits per heavy atom. The van der Waals surface area contributed by atoms with Gasteiger partial charge in [-0.2, -0.15) is 0 Å². The minimum Gasteiger partial charge on any atom is -0.452 e. The first kappa shape index (κ1) is 22.4. The Hall–Kier alpha value is -2.84. The Kier molecular flexibility index (Phi) is 9.20. The molecule has 0 radical (unpaired) electrons. The molecule has 154 valence electrons. The number of benzene rings is 2. The largest absolute Gasteiger partial charge is 0.452 e. The van der Waals surface area contributed by atoms with E-state index in [0.29, 0.717) is 29.3 Å². The number of likely N-dealkylation sites (N-methyl/N-ethyl adjacent to an activating group) is 1. The molecule has 2 aromatic carbocycles. The highest BCUT2D eigenvalue weighted by Crippen LogP contribution is 2.23. The number of para-hydroxylation sites is 1. The highest BCUT2D eigenvalue weighted by Gasteiger charge is 2.17. The number of carbonyl (C=O) groups is 3. The molecular weight excluding hydrogens is 392 g/mol. The highest BCUT2D eigenvalue weighted by molar-refractivity contribution is 8.00. The highest BCUT2D eigenvalue weighted by atomic mass is 32.2. The van der Waals surface area contributed by atoms with Crippen LogP contribution in [-0.2, 0) is 19.1 Å². The fourth-order valence-electron chi connectivity index (χ4n) is 2.35. The maximum Gasteiger partial charge on any atom is 0.339 e. The molecule has 2 rings (SSSR count). The molecule has 0 aliphatic heterocycles. The Labute approximate surface area is 174 Å².